The molecular formula is C9H18SiTi. The SMILES string of the molecule is C=C(C)C(=C(C)C)[SiH](C)C.[Ti]. The monoisotopic (exact) mass is 202 g/mol. The van der Waals surface area contributed by atoms with E-state index in [0.717, 1.165) is 0 Å². The zero-order valence-electron chi connectivity index (χ0n) is 8.28. The number of allylic oxidation sites excluding steroid dienone is 3. The minimum absolute atomic E-state index is 0. The zero-order chi connectivity index (χ0) is 8.31. The summed E-state index contributed by atoms with van der Waals surface area (Å²) in [4.78, 5) is 0. The predicted octanol–water partition coefficient (Wildman–Crippen LogP) is 2.92. The number of hydrogen-bond donors (Lipinski definition) is 0. The Morgan fingerprint density at radius 3 is 1.45 bits per heavy atom. The standard InChI is InChI=1S/C9H18Si.Ti/c1-7(2)9(8(3)4)10(5)6;/h10H,1H2,2-6H3;. The molecule has 0 aromatic carbocycles. The van der Waals surface area contributed by atoms with Gasteiger partial charge < -0.3 is 0 Å². The third kappa shape index (κ3) is 4.78. The van der Waals surface area contributed by atoms with E-state index in [1.54, 1.807) is 5.20 Å². The van der Waals surface area contributed by atoms with Crippen molar-refractivity contribution in [3.8, 4) is 0 Å². The van der Waals surface area contributed by atoms with E-state index in [2.05, 4.69) is 40.4 Å². The minimum atomic E-state index is -0.621. The fourth-order valence-corrected chi connectivity index (χ4v) is 3.64. The normalized spacial score (nSPS) is 8.91. The molecule has 0 amide bonds. The first-order chi connectivity index (χ1) is 4.46. The van der Waals surface area contributed by atoms with E-state index in [0.29, 0.717) is 0 Å². The summed E-state index contributed by atoms with van der Waals surface area (Å²) < 4.78 is 0. The molecule has 0 aliphatic rings. The Morgan fingerprint density at radius 2 is 1.45 bits per heavy atom. The van der Waals surface area contributed by atoms with Crippen molar-refractivity contribution in [1.82, 2.24) is 0 Å². The van der Waals surface area contributed by atoms with Crippen molar-refractivity contribution in [3.63, 3.8) is 0 Å². The first-order valence-corrected chi connectivity index (χ1v) is 6.68. The molecule has 0 bridgehead atoms. The second-order valence-electron chi connectivity index (χ2n) is 3.35. The molecular weight excluding hydrogens is 184 g/mol. The largest absolute Gasteiger partial charge is 0.0962 e. The Morgan fingerprint density at radius 1 is 1.09 bits per heavy atom. The van der Waals surface area contributed by atoms with E-state index in [1.807, 2.05) is 0 Å². The van der Waals surface area contributed by atoms with Crippen LogP contribution < -0.4 is 0 Å². The summed E-state index contributed by atoms with van der Waals surface area (Å²) >= 11 is 0. The summed E-state index contributed by atoms with van der Waals surface area (Å²) in [5.74, 6) is 0. The van der Waals surface area contributed by atoms with Gasteiger partial charge in [-0.05, 0) is 20.8 Å². The Balaban J connectivity index is 0. The van der Waals surface area contributed by atoms with Gasteiger partial charge in [-0.25, -0.2) is 0 Å². The van der Waals surface area contributed by atoms with Crippen molar-refractivity contribution >= 4 is 8.80 Å². The molecule has 0 aromatic rings. The molecule has 0 atom stereocenters. The molecule has 0 heterocycles. The van der Waals surface area contributed by atoms with Gasteiger partial charge in [0.25, 0.3) is 0 Å². The maximum Gasteiger partial charge on any atom is 0.0649 e. The maximum absolute atomic E-state index is 3.97. The van der Waals surface area contributed by atoms with Crippen LogP contribution in [0.3, 0.4) is 0 Å². The zero-order valence-corrected chi connectivity index (χ0v) is 11.0. The van der Waals surface area contributed by atoms with E-state index < -0.39 is 8.80 Å². The first-order valence-electron chi connectivity index (χ1n) is 3.80. The third-order valence-electron chi connectivity index (χ3n) is 1.58. The molecule has 0 aliphatic heterocycles. The van der Waals surface area contributed by atoms with Gasteiger partial charge in [-0.15, -0.1) is 0 Å². The third-order valence-corrected chi connectivity index (χ3v) is 3.80. The Labute approximate surface area is 87.3 Å². The van der Waals surface area contributed by atoms with Crippen LogP contribution in [0, 0.1) is 0 Å². The van der Waals surface area contributed by atoms with Crippen molar-refractivity contribution in [2.45, 2.75) is 33.9 Å². The van der Waals surface area contributed by atoms with Gasteiger partial charge in [-0.2, -0.15) is 0 Å². The van der Waals surface area contributed by atoms with Gasteiger partial charge in [0.1, 0.15) is 0 Å². The Bertz CT molecular complexity index is 164. The average Bonchev–Trinajstić information content (AvgIpc) is 1.59. The van der Waals surface area contributed by atoms with Crippen LogP contribution in [0.15, 0.2) is 22.9 Å². The quantitative estimate of drug-likeness (QED) is 0.477. The summed E-state index contributed by atoms with van der Waals surface area (Å²) in [5.41, 5.74) is 2.72. The second-order valence-corrected chi connectivity index (χ2v) is 6.24. The molecule has 0 rings (SSSR count). The topological polar surface area (TPSA) is 0 Å². The Hall–Kier alpha value is 0.411. The molecule has 0 aromatic heterocycles. The molecule has 0 unspecified atom stereocenters. The second kappa shape index (κ2) is 5.99. The van der Waals surface area contributed by atoms with Gasteiger partial charge in [0.15, 0.2) is 0 Å². The summed E-state index contributed by atoms with van der Waals surface area (Å²) in [6, 6.07) is 0. The van der Waals surface area contributed by atoms with Crippen molar-refractivity contribution < 1.29 is 21.7 Å². The average molecular weight is 202 g/mol. The molecule has 0 aliphatic carbocycles. The van der Waals surface area contributed by atoms with E-state index in [1.165, 1.54) is 11.1 Å². The molecule has 0 N–H and O–H groups in total. The molecule has 0 spiro atoms. The van der Waals surface area contributed by atoms with Gasteiger partial charge in [-0.1, -0.05) is 36.0 Å². The van der Waals surface area contributed by atoms with Crippen LogP contribution in [-0.2, 0) is 21.7 Å². The first kappa shape index (κ1) is 14.0. The van der Waals surface area contributed by atoms with Crippen LogP contribution in [0.1, 0.15) is 20.8 Å². The van der Waals surface area contributed by atoms with Gasteiger partial charge in [0.05, 0.1) is 8.80 Å². The van der Waals surface area contributed by atoms with Crippen molar-refractivity contribution in [3.05, 3.63) is 22.9 Å². The van der Waals surface area contributed by atoms with E-state index in [-0.39, 0.29) is 21.7 Å². The van der Waals surface area contributed by atoms with Crippen LogP contribution in [0.2, 0.25) is 13.1 Å². The summed E-state index contributed by atoms with van der Waals surface area (Å²) in [5, 5.41) is 1.56. The summed E-state index contributed by atoms with van der Waals surface area (Å²) in [7, 11) is -0.621. The molecule has 11 heavy (non-hydrogen) atoms. The number of rotatable bonds is 2. The minimum Gasteiger partial charge on any atom is -0.0962 e. The summed E-state index contributed by atoms with van der Waals surface area (Å²) in [6.07, 6.45) is 0. The van der Waals surface area contributed by atoms with Gasteiger partial charge >= 0.3 is 0 Å². The van der Waals surface area contributed by atoms with Gasteiger partial charge in [0.2, 0.25) is 0 Å². The fourth-order valence-electron chi connectivity index (χ4n) is 1.50. The van der Waals surface area contributed by atoms with Gasteiger partial charge in [-0.3, -0.25) is 0 Å². The molecule has 0 saturated heterocycles. The van der Waals surface area contributed by atoms with E-state index >= 15 is 0 Å². The van der Waals surface area contributed by atoms with Crippen LogP contribution >= 0.6 is 0 Å². The molecule has 62 valence electrons. The molecule has 0 saturated carbocycles. The number of hydrogen-bond acceptors (Lipinski definition) is 0. The predicted molar refractivity (Wildman–Crippen MR) is 52.1 cm³/mol. The van der Waals surface area contributed by atoms with Crippen LogP contribution in [-0.4, -0.2) is 8.80 Å². The smallest absolute Gasteiger partial charge is 0.0649 e. The van der Waals surface area contributed by atoms with Crippen LogP contribution in [0.4, 0.5) is 0 Å². The van der Waals surface area contributed by atoms with Crippen LogP contribution in [0.25, 0.3) is 0 Å². The van der Waals surface area contributed by atoms with Crippen LogP contribution in [0.5, 0.6) is 0 Å². The molecule has 0 fully saturated rings. The van der Waals surface area contributed by atoms with Crippen molar-refractivity contribution in [1.29, 1.82) is 0 Å². The molecule has 0 radical (unpaired) electrons. The fraction of sp³-hybridized carbons (Fsp3) is 0.556. The molecule has 0 nitrogen and oxygen atoms in total. The molecule has 2 heteroatoms. The summed E-state index contributed by atoms with van der Waals surface area (Å²) in [6.45, 7) is 15.1. The Kier molecular flexibility index (Phi) is 7.60. The maximum atomic E-state index is 3.97. The van der Waals surface area contributed by atoms with Gasteiger partial charge in [0, 0.05) is 21.7 Å². The van der Waals surface area contributed by atoms with Crippen molar-refractivity contribution in [2.24, 2.45) is 0 Å². The van der Waals surface area contributed by atoms with E-state index in [4.69, 9.17) is 0 Å². The van der Waals surface area contributed by atoms with E-state index in [9.17, 15) is 0 Å². The van der Waals surface area contributed by atoms with Crippen molar-refractivity contribution in [2.75, 3.05) is 0 Å².